The molecule has 20 heavy (non-hydrogen) atoms. The van der Waals surface area contributed by atoms with Gasteiger partial charge in [-0.15, -0.1) is 0 Å². The van der Waals surface area contributed by atoms with Crippen molar-refractivity contribution in [1.82, 2.24) is 0 Å². The Bertz CT molecular complexity index is 719. The first kappa shape index (κ1) is 13.2. The van der Waals surface area contributed by atoms with Gasteiger partial charge in [0, 0.05) is 5.56 Å². The molecule has 6 nitrogen and oxygen atoms in total. The highest BCUT2D eigenvalue weighted by atomic mass is 16.6. The maximum Gasteiger partial charge on any atom is 0.287 e. The Balaban J connectivity index is 2.35. The molecule has 0 saturated carbocycles. The summed E-state index contributed by atoms with van der Waals surface area (Å²) in [5, 5.41) is 49.8. The molecule has 0 aromatic heterocycles. The summed E-state index contributed by atoms with van der Waals surface area (Å²) in [5.41, 5.74) is -0.211. The van der Waals surface area contributed by atoms with Gasteiger partial charge in [0.05, 0.1) is 0 Å². The first-order chi connectivity index (χ1) is 9.26. The lowest BCUT2D eigenvalue weighted by atomic mass is 9.78. The second kappa shape index (κ2) is 3.85. The highest BCUT2D eigenvalue weighted by Crippen LogP contribution is 2.42. The summed E-state index contributed by atoms with van der Waals surface area (Å²) in [7, 11) is 0. The number of carbonyl (C=O) groups is 1. The third kappa shape index (κ3) is 1.48. The van der Waals surface area contributed by atoms with E-state index in [0.717, 1.165) is 0 Å². The van der Waals surface area contributed by atoms with Crippen molar-refractivity contribution in [3.8, 4) is 0 Å². The van der Waals surface area contributed by atoms with Crippen LogP contribution in [0.5, 0.6) is 0 Å². The van der Waals surface area contributed by atoms with E-state index < -0.39 is 23.5 Å². The first-order valence-electron chi connectivity index (χ1n) is 5.92. The molecule has 0 amide bonds. The van der Waals surface area contributed by atoms with Crippen molar-refractivity contribution in [1.29, 1.82) is 0 Å². The van der Waals surface area contributed by atoms with Gasteiger partial charge in [0.25, 0.3) is 11.6 Å². The Morgan fingerprint density at radius 2 is 1.50 bits per heavy atom. The van der Waals surface area contributed by atoms with E-state index in [9.17, 15) is 30.3 Å². The Morgan fingerprint density at radius 1 is 0.950 bits per heavy atom. The average Bonchev–Trinajstić information content (AvgIpc) is 2.42. The number of Topliss-reactive ketones (excluding diaryl/α,β-unsaturated/α-hetero) is 1. The van der Waals surface area contributed by atoms with Crippen LogP contribution in [0.1, 0.15) is 22.0 Å². The van der Waals surface area contributed by atoms with Crippen LogP contribution in [0.25, 0.3) is 10.8 Å². The van der Waals surface area contributed by atoms with Gasteiger partial charge in [-0.3, -0.25) is 4.79 Å². The Kier molecular flexibility index (Phi) is 2.53. The van der Waals surface area contributed by atoms with Crippen LogP contribution in [-0.4, -0.2) is 42.9 Å². The van der Waals surface area contributed by atoms with Gasteiger partial charge in [0.1, 0.15) is 6.10 Å². The van der Waals surface area contributed by atoms with Crippen LogP contribution in [0.3, 0.4) is 0 Å². The predicted octanol–water partition coefficient (Wildman–Crippen LogP) is -0.569. The third-order valence-corrected chi connectivity index (χ3v) is 3.67. The fourth-order valence-corrected chi connectivity index (χ4v) is 2.44. The molecular weight excluding hydrogens is 264 g/mol. The fraction of sp³-hybridized carbons (Fsp3) is 0.214. The summed E-state index contributed by atoms with van der Waals surface area (Å²) in [6.45, 7) is 0. The smallest absolute Gasteiger partial charge is 0.287 e. The molecule has 0 spiro atoms. The van der Waals surface area contributed by atoms with Gasteiger partial charge in [-0.2, -0.15) is 0 Å². The standard InChI is InChI=1S/C14H12O6/c15-11-9-5-7-3-1-2-4-8(7)6-10(9)12(16)14(19,20)13(11,17)18/h1-6,11,15,17-20H. The van der Waals surface area contributed by atoms with E-state index in [4.69, 9.17) is 0 Å². The number of hydrogen-bond donors (Lipinski definition) is 5. The number of carbonyl (C=O) groups excluding carboxylic acids is 1. The van der Waals surface area contributed by atoms with Crippen molar-refractivity contribution in [2.75, 3.05) is 0 Å². The van der Waals surface area contributed by atoms with Gasteiger partial charge in [0.15, 0.2) is 0 Å². The number of rotatable bonds is 0. The molecule has 6 heteroatoms. The zero-order valence-electron chi connectivity index (χ0n) is 10.2. The minimum absolute atomic E-state index is 0.0579. The summed E-state index contributed by atoms with van der Waals surface area (Å²) >= 11 is 0. The van der Waals surface area contributed by atoms with Crippen molar-refractivity contribution < 1.29 is 30.3 Å². The van der Waals surface area contributed by atoms with Crippen LogP contribution in [0.15, 0.2) is 36.4 Å². The van der Waals surface area contributed by atoms with Crippen molar-refractivity contribution in [2.24, 2.45) is 0 Å². The SMILES string of the molecule is O=C1c2cc3ccccc3cc2C(O)C(O)(O)C1(O)O. The third-order valence-electron chi connectivity index (χ3n) is 3.67. The van der Waals surface area contributed by atoms with E-state index >= 15 is 0 Å². The lowest BCUT2D eigenvalue weighted by Gasteiger charge is -2.41. The summed E-state index contributed by atoms with van der Waals surface area (Å²) in [4.78, 5) is 12.0. The normalized spacial score (nSPS) is 23.6. The van der Waals surface area contributed by atoms with Gasteiger partial charge in [0.2, 0.25) is 5.78 Å². The molecule has 2 aromatic carbocycles. The van der Waals surface area contributed by atoms with Crippen LogP contribution < -0.4 is 0 Å². The zero-order chi connectivity index (χ0) is 14.7. The Morgan fingerprint density at radius 3 is 2.10 bits per heavy atom. The molecule has 1 aliphatic carbocycles. The van der Waals surface area contributed by atoms with Crippen LogP contribution in [0.4, 0.5) is 0 Å². The van der Waals surface area contributed by atoms with E-state index in [0.29, 0.717) is 10.8 Å². The highest BCUT2D eigenvalue weighted by molar-refractivity contribution is 6.07. The zero-order valence-corrected chi connectivity index (χ0v) is 10.2. The quantitative estimate of drug-likeness (QED) is 0.411. The molecule has 0 aliphatic heterocycles. The van der Waals surface area contributed by atoms with Crippen LogP contribution in [0.2, 0.25) is 0 Å². The first-order valence-corrected chi connectivity index (χ1v) is 5.92. The van der Waals surface area contributed by atoms with Gasteiger partial charge in [-0.1, -0.05) is 24.3 Å². The maximum atomic E-state index is 12.0. The van der Waals surface area contributed by atoms with E-state index in [1.54, 1.807) is 24.3 Å². The molecule has 1 unspecified atom stereocenters. The second-order valence-corrected chi connectivity index (χ2v) is 4.92. The Labute approximate surface area is 113 Å². The lowest BCUT2D eigenvalue weighted by Crippen LogP contribution is -2.65. The molecule has 5 N–H and O–H groups in total. The summed E-state index contributed by atoms with van der Waals surface area (Å²) in [6.07, 6.45) is -2.02. The number of fused-ring (bicyclic) bond motifs is 2. The number of benzene rings is 2. The van der Waals surface area contributed by atoms with E-state index in [2.05, 4.69) is 0 Å². The van der Waals surface area contributed by atoms with Crippen LogP contribution in [0, 0.1) is 0 Å². The topological polar surface area (TPSA) is 118 Å². The Hall–Kier alpha value is -1.83. The number of hydrogen-bond acceptors (Lipinski definition) is 6. The van der Waals surface area contributed by atoms with Gasteiger partial charge in [-0.05, 0) is 28.5 Å². The highest BCUT2D eigenvalue weighted by Gasteiger charge is 2.62. The minimum atomic E-state index is -3.47. The van der Waals surface area contributed by atoms with Gasteiger partial charge >= 0.3 is 0 Å². The molecule has 1 atom stereocenters. The van der Waals surface area contributed by atoms with Crippen LogP contribution >= 0.6 is 0 Å². The van der Waals surface area contributed by atoms with E-state index in [-0.39, 0.29) is 11.1 Å². The van der Waals surface area contributed by atoms with Gasteiger partial charge < -0.3 is 25.5 Å². The van der Waals surface area contributed by atoms with Crippen molar-refractivity contribution in [3.63, 3.8) is 0 Å². The fourth-order valence-electron chi connectivity index (χ4n) is 2.44. The largest absolute Gasteiger partial charge is 0.382 e. The van der Waals surface area contributed by atoms with Crippen molar-refractivity contribution in [3.05, 3.63) is 47.5 Å². The molecule has 0 fully saturated rings. The lowest BCUT2D eigenvalue weighted by molar-refractivity contribution is -0.364. The molecule has 104 valence electrons. The predicted molar refractivity (Wildman–Crippen MR) is 67.6 cm³/mol. The molecule has 0 saturated heterocycles. The molecule has 2 aromatic rings. The summed E-state index contributed by atoms with van der Waals surface area (Å²) < 4.78 is 0. The molecule has 3 rings (SSSR count). The second-order valence-electron chi connectivity index (χ2n) is 4.92. The van der Waals surface area contributed by atoms with E-state index in [1.807, 2.05) is 0 Å². The van der Waals surface area contributed by atoms with E-state index in [1.165, 1.54) is 12.1 Å². The molecule has 1 aliphatic rings. The molecular formula is C14H12O6. The molecule has 0 heterocycles. The molecule has 0 bridgehead atoms. The number of aliphatic hydroxyl groups excluding tert-OH is 1. The summed E-state index contributed by atoms with van der Waals surface area (Å²) in [5.74, 6) is -8.12. The number of aliphatic hydroxyl groups is 5. The van der Waals surface area contributed by atoms with Gasteiger partial charge in [-0.25, -0.2) is 0 Å². The minimum Gasteiger partial charge on any atom is -0.382 e. The molecule has 0 radical (unpaired) electrons. The monoisotopic (exact) mass is 276 g/mol. The maximum absolute atomic E-state index is 12.0. The van der Waals surface area contributed by atoms with Crippen molar-refractivity contribution >= 4 is 16.6 Å². The van der Waals surface area contributed by atoms with Crippen LogP contribution in [-0.2, 0) is 0 Å². The number of ketones is 1. The average molecular weight is 276 g/mol. The van der Waals surface area contributed by atoms with Crippen molar-refractivity contribution in [2.45, 2.75) is 17.7 Å². The summed E-state index contributed by atoms with van der Waals surface area (Å²) in [6, 6.07) is 9.73.